The lowest BCUT2D eigenvalue weighted by atomic mass is 9.95. The van der Waals surface area contributed by atoms with E-state index < -0.39 is 5.54 Å². The van der Waals surface area contributed by atoms with Crippen molar-refractivity contribution >= 4 is 23.2 Å². The first kappa shape index (κ1) is 16.1. The lowest BCUT2D eigenvalue weighted by Crippen LogP contribution is -2.58. The topological polar surface area (TPSA) is 49.6 Å². The zero-order valence-corrected chi connectivity index (χ0v) is 13.6. The molecule has 1 atom stereocenters. The number of piperazine rings is 1. The maximum absolute atomic E-state index is 12.5. The normalized spacial score (nSPS) is 18.5. The molecule has 4 nitrogen and oxygen atoms in total. The number of nitrogens with two attached hydrogens (primary N) is 1. The summed E-state index contributed by atoms with van der Waals surface area (Å²) in [4.78, 5) is 16.6. The van der Waals surface area contributed by atoms with Crippen LogP contribution in [-0.4, -0.2) is 42.5 Å². The molecule has 0 bridgehead atoms. The van der Waals surface area contributed by atoms with E-state index in [1.54, 1.807) is 0 Å². The van der Waals surface area contributed by atoms with E-state index in [4.69, 9.17) is 17.3 Å². The molecule has 1 heterocycles. The summed E-state index contributed by atoms with van der Waals surface area (Å²) >= 11 is 5.91. The SMILES string of the molecule is CCCC(C)(N)C(=O)N1CCN(c2ccc(Cl)cc2)CC1. The van der Waals surface area contributed by atoms with Gasteiger partial charge in [0.1, 0.15) is 0 Å². The van der Waals surface area contributed by atoms with E-state index in [9.17, 15) is 4.79 Å². The van der Waals surface area contributed by atoms with Gasteiger partial charge in [-0.2, -0.15) is 0 Å². The van der Waals surface area contributed by atoms with Crippen LogP contribution in [0, 0.1) is 0 Å². The molecule has 116 valence electrons. The van der Waals surface area contributed by atoms with Crippen molar-refractivity contribution in [2.75, 3.05) is 31.1 Å². The number of carbonyl (C=O) groups excluding carboxylic acids is 1. The van der Waals surface area contributed by atoms with Crippen LogP contribution in [0.3, 0.4) is 0 Å². The van der Waals surface area contributed by atoms with Gasteiger partial charge in [0.2, 0.25) is 5.91 Å². The van der Waals surface area contributed by atoms with Crippen LogP contribution in [0.4, 0.5) is 5.69 Å². The number of benzene rings is 1. The molecule has 0 radical (unpaired) electrons. The van der Waals surface area contributed by atoms with Crippen molar-refractivity contribution in [3.63, 3.8) is 0 Å². The van der Waals surface area contributed by atoms with Crippen molar-refractivity contribution in [1.29, 1.82) is 0 Å². The number of nitrogens with zero attached hydrogens (tertiary/aromatic N) is 2. The molecule has 0 spiro atoms. The number of anilines is 1. The van der Waals surface area contributed by atoms with E-state index in [2.05, 4.69) is 11.8 Å². The Bertz CT molecular complexity index is 479. The molecule has 1 aromatic carbocycles. The van der Waals surface area contributed by atoms with Gasteiger partial charge in [-0.15, -0.1) is 0 Å². The van der Waals surface area contributed by atoms with Crippen LogP contribution in [0.2, 0.25) is 5.02 Å². The third-order valence-corrected chi connectivity index (χ3v) is 4.27. The Hall–Kier alpha value is -1.26. The molecule has 1 aromatic rings. The molecule has 1 unspecified atom stereocenters. The third kappa shape index (κ3) is 3.89. The largest absolute Gasteiger partial charge is 0.368 e. The van der Waals surface area contributed by atoms with Gasteiger partial charge < -0.3 is 15.5 Å². The zero-order chi connectivity index (χ0) is 15.5. The quantitative estimate of drug-likeness (QED) is 0.929. The van der Waals surface area contributed by atoms with Gasteiger partial charge in [0, 0.05) is 36.9 Å². The van der Waals surface area contributed by atoms with Crippen molar-refractivity contribution in [2.45, 2.75) is 32.2 Å². The number of rotatable bonds is 4. The van der Waals surface area contributed by atoms with E-state index >= 15 is 0 Å². The summed E-state index contributed by atoms with van der Waals surface area (Å²) < 4.78 is 0. The molecule has 21 heavy (non-hydrogen) atoms. The molecule has 1 fully saturated rings. The van der Waals surface area contributed by atoms with Crippen molar-refractivity contribution in [1.82, 2.24) is 4.90 Å². The Morgan fingerprint density at radius 2 is 1.81 bits per heavy atom. The van der Waals surface area contributed by atoms with Crippen molar-refractivity contribution in [3.8, 4) is 0 Å². The Labute approximate surface area is 131 Å². The molecule has 1 aliphatic heterocycles. The van der Waals surface area contributed by atoms with Crippen molar-refractivity contribution in [2.24, 2.45) is 5.73 Å². The molecular weight excluding hydrogens is 286 g/mol. The molecule has 2 rings (SSSR count). The summed E-state index contributed by atoms with van der Waals surface area (Å²) in [6.45, 7) is 6.99. The van der Waals surface area contributed by atoms with Crippen LogP contribution in [0.15, 0.2) is 24.3 Å². The van der Waals surface area contributed by atoms with Crippen LogP contribution >= 0.6 is 11.6 Å². The minimum Gasteiger partial charge on any atom is -0.368 e. The molecule has 0 aromatic heterocycles. The number of hydrogen-bond donors (Lipinski definition) is 1. The molecule has 5 heteroatoms. The highest BCUT2D eigenvalue weighted by Gasteiger charge is 2.33. The molecule has 2 N–H and O–H groups in total. The fourth-order valence-electron chi connectivity index (χ4n) is 2.81. The number of hydrogen-bond acceptors (Lipinski definition) is 3. The lowest BCUT2D eigenvalue weighted by Gasteiger charge is -2.39. The Balaban J connectivity index is 1.94. The van der Waals surface area contributed by atoms with E-state index in [0.29, 0.717) is 0 Å². The third-order valence-electron chi connectivity index (χ3n) is 4.02. The van der Waals surface area contributed by atoms with Crippen LogP contribution in [-0.2, 0) is 4.79 Å². The maximum Gasteiger partial charge on any atom is 0.242 e. The van der Waals surface area contributed by atoms with Crippen LogP contribution < -0.4 is 10.6 Å². The first-order valence-corrected chi connectivity index (χ1v) is 7.90. The summed E-state index contributed by atoms with van der Waals surface area (Å²) in [7, 11) is 0. The minimum atomic E-state index is -0.739. The monoisotopic (exact) mass is 309 g/mol. The second-order valence-corrected chi connectivity index (χ2v) is 6.36. The summed E-state index contributed by atoms with van der Waals surface area (Å²) in [5.74, 6) is 0.0695. The average Bonchev–Trinajstić information content (AvgIpc) is 2.47. The predicted octanol–water partition coefficient (Wildman–Crippen LogP) is 2.51. The molecule has 1 amide bonds. The Morgan fingerprint density at radius 1 is 1.24 bits per heavy atom. The highest BCUT2D eigenvalue weighted by atomic mass is 35.5. The fraction of sp³-hybridized carbons (Fsp3) is 0.562. The van der Waals surface area contributed by atoms with Crippen molar-refractivity contribution < 1.29 is 4.79 Å². The van der Waals surface area contributed by atoms with Gasteiger partial charge in [0.25, 0.3) is 0 Å². The fourth-order valence-corrected chi connectivity index (χ4v) is 2.93. The van der Waals surface area contributed by atoms with Crippen LogP contribution in [0.5, 0.6) is 0 Å². The minimum absolute atomic E-state index is 0.0695. The van der Waals surface area contributed by atoms with E-state index in [1.807, 2.05) is 36.1 Å². The van der Waals surface area contributed by atoms with Gasteiger partial charge >= 0.3 is 0 Å². The van der Waals surface area contributed by atoms with E-state index in [1.165, 1.54) is 0 Å². The van der Waals surface area contributed by atoms with Crippen LogP contribution in [0.1, 0.15) is 26.7 Å². The molecule has 0 aliphatic carbocycles. The summed E-state index contributed by atoms with van der Waals surface area (Å²) in [6, 6.07) is 7.83. The standard InChI is InChI=1S/C16H24ClN3O/c1-3-8-16(2,18)15(21)20-11-9-19(10-12-20)14-6-4-13(17)5-7-14/h4-7H,3,8-12,18H2,1-2H3. The Kier molecular flexibility index (Phi) is 5.12. The van der Waals surface area contributed by atoms with Gasteiger partial charge in [0.15, 0.2) is 0 Å². The number of halogens is 1. The van der Waals surface area contributed by atoms with Crippen molar-refractivity contribution in [3.05, 3.63) is 29.3 Å². The molecular formula is C16H24ClN3O. The van der Waals surface area contributed by atoms with E-state index in [-0.39, 0.29) is 5.91 Å². The van der Waals surface area contributed by atoms with Gasteiger partial charge in [-0.3, -0.25) is 4.79 Å². The van der Waals surface area contributed by atoms with Gasteiger partial charge in [-0.1, -0.05) is 24.9 Å². The van der Waals surface area contributed by atoms with Gasteiger partial charge in [0.05, 0.1) is 5.54 Å². The van der Waals surface area contributed by atoms with Gasteiger partial charge in [-0.05, 0) is 37.6 Å². The number of amides is 1. The highest BCUT2D eigenvalue weighted by Crippen LogP contribution is 2.21. The first-order chi connectivity index (χ1) is 9.94. The lowest BCUT2D eigenvalue weighted by molar-refractivity contribution is -0.137. The molecule has 1 saturated heterocycles. The summed E-state index contributed by atoms with van der Waals surface area (Å²) in [6.07, 6.45) is 1.65. The zero-order valence-electron chi connectivity index (χ0n) is 12.8. The van der Waals surface area contributed by atoms with Gasteiger partial charge in [-0.25, -0.2) is 0 Å². The molecule has 0 saturated carbocycles. The summed E-state index contributed by atoms with van der Waals surface area (Å²) in [5, 5.41) is 0.742. The first-order valence-electron chi connectivity index (χ1n) is 7.53. The Morgan fingerprint density at radius 3 is 2.33 bits per heavy atom. The van der Waals surface area contributed by atoms with Crippen LogP contribution in [0.25, 0.3) is 0 Å². The maximum atomic E-state index is 12.5. The summed E-state index contributed by atoms with van der Waals surface area (Å²) in [5.41, 5.74) is 6.55. The molecule has 1 aliphatic rings. The average molecular weight is 310 g/mol. The smallest absolute Gasteiger partial charge is 0.242 e. The second kappa shape index (κ2) is 6.67. The highest BCUT2D eigenvalue weighted by molar-refractivity contribution is 6.30. The predicted molar refractivity (Wildman–Crippen MR) is 87.7 cm³/mol. The second-order valence-electron chi connectivity index (χ2n) is 5.92. The number of carbonyl (C=O) groups is 1. The van der Waals surface area contributed by atoms with E-state index in [0.717, 1.165) is 49.7 Å².